The summed E-state index contributed by atoms with van der Waals surface area (Å²) in [6.45, 7) is 0. The van der Waals surface area contributed by atoms with Gasteiger partial charge < -0.3 is 17.1 Å². The first-order valence-electron chi connectivity index (χ1n) is 4.89. The summed E-state index contributed by atoms with van der Waals surface area (Å²) >= 11 is 0.982. The van der Waals surface area contributed by atoms with Gasteiger partial charge in [-0.25, -0.2) is 0 Å². The predicted octanol–water partition coefficient (Wildman–Crippen LogP) is -2.47. The highest BCUT2D eigenvalue weighted by atomic mass is 127. The lowest BCUT2D eigenvalue weighted by Crippen LogP contribution is -3.00. The van der Waals surface area contributed by atoms with Gasteiger partial charge in [0, 0.05) is 0 Å². The molecule has 1 aromatic carbocycles. The minimum atomic E-state index is -5.44. The molecular weight excluding hydrogens is 531 g/mol. The highest BCUT2D eigenvalue weighted by Gasteiger charge is 2.45. The molecule has 17 heteroatoms. The Kier molecular flexibility index (Phi) is 6.96. The second kappa shape index (κ2) is 7.20. The van der Waals surface area contributed by atoms with Gasteiger partial charge in [-0.15, -0.1) is 0 Å². The molecule has 1 aromatic rings. The molecule has 0 aliphatic carbocycles. The fourth-order valence-electron chi connectivity index (χ4n) is 1.60. The number of ether oxygens (including phenoxy) is 1. The molecule has 0 bridgehead atoms. The lowest BCUT2D eigenvalue weighted by molar-refractivity contribution is -0.0000174. The minimum absolute atomic E-state index is 0. The van der Waals surface area contributed by atoms with Crippen LogP contribution in [0.15, 0.2) is 14.7 Å². The Bertz CT molecular complexity index is 1040. The molecule has 0 aliphatic heterocycles. The first-order valence-corrected chi connectivity index (χ1v) is 10.3. The quantitative estimate of drug-likeness (QED) is 0.209. The Morgan fingerprint density at radius 2 is 1.29 bits per heavy atom. The van der Waals surface area contributed by atoms with E-state index in [-0.39, 0.29) is 12.4 Å². The maximum Gasteiger partial charge on any atom is 0.450 e. The average Bonchev–Trinajstić information content (AvgIpc) is 2.32. The number of nitrogens with zero attached hydrogens (tertiary/aromatic N) is 2. The normalized spacial score (nSPS) is 12.2. The van der Waals surface area contributed by atoms with Crippen LogP contribution >= 0.6 is 22.6 Å². The van der Waals surface area contributed by atoms with E-state index in [1.807, 2.05) is 0 Å². The van der Waals surface area contributed by atoms with Crippen molar-refractivity contribution in [3.8, 4) is 5.75 Å². The van der Waals surface area contributed by atoms with Crippen molar-refractivity contribution in [2.75, 3.05) is 7.11 Å². The lowest BCUT2D eigenvalue weighted by Gasteiger charge is -2.11. The first-order chi connectivity index (χ1) is 10.2. The van der Waals surface area contributed by atoms with Crippen LogP contribution in [0.5, 0.6) is 5.75 Å². The predicted molar refractivity (Wildman–Crippen MR) is 79.9 cm³/mol. The molecule has 0 saturated heterocycles. The molecule has 0 atom stereocenters. The molecule has 12 nitrogen and oxygen atoms in total. The highest BCUT2D eigenvalue weighted by molar-refractivity contribution is 14.1. The molecule has 0 aromatic heterocycles. The van der Waals surface area contributed by atoms with E-state index in [1.54, 1.807) is 0 Å². The molecule has 0 radical (unpaired) electrons. The van der Waals surface area contributed by atoms with Gasteiger partial charge in [-0.05, 0) is 22.6 Å². The molecule has 1 rings (SSSR count). The Labute approximate surface area is 155 Å². The van der Waals surface area contributed by atoms with E-state index >= 15 is 0 Å². The van der Waals surface area contributed by atoms with Crippen LogP contribution in [0.4, 0.5) is 5.69 Å². The summed E-state index contributed by atoms with van der Waals surface area (Å²) in [6.07, 6.45) is 0. The summed E-state index contributed by atoms with van der Waals surface area (Å²) in [6, 6.07) is 0. The summed E-state index contributed by atoms with van der Waals surface area (Å²) in [7, 11) is -15.3. The molecule has 0 saturated carbocycles. The SMILES string of the molecule is COc1c([N+]#N)c(S(=O)(=O)O)c(S(=O)(=O)O)c(I)c1S(=O)(=O)O.[Cl-]. The highest BCUT2D eigenvalue weighted by Crippen LogP contribution is 2.46. The van der Waals surface area contributed by atoms with E-state index < -0.39 is 60.0 Å². The van der Waals surface area contributed by atoms with E-state index in [0.717, 1.165) is 29.7 Å². The summed E-state index contributed by atoms with van der Waals surface area (Å²) in [5, 5.41) is 8.88. The molecule has 0 amide bonds. The number of rotatable bonds is 4. The largest absolute Gasteiger partial charge is 1.00 e. The van der Waals surface area contributed by atoms with Crippen LogP contribution in [0.1, 0.15) is 0 Å². The van der Waals surface area contributed by atoms with Gasteiger partial charge in [0.05, 0.1) is 10.7 Å². The fraction of sp³-hybridized carbons (Fsp3) is 0.143. The molecule has 0 unspecified atom stereocenters. The van der Waals surface area contributed by atoms with Crippen molar-refractivity contribution in [2.24, 2.45) is 0 Å². The number of hydrogen-bond donors (Lipinski definition) is 3. The van der Waals surface area contributed by atoms with Gasteiger partial charge in [-0.2, -0.15) is 25.3 Å². The topological polar surface area (TPSA) is 200 Å². The second-order valence-corrected chi connectivity index (χ2v) is 8.86. The summed E-state index contributed by atoms with van der Waals surface area (Å²) in [5.41, 5.74) is -1.35. The second-order valence-electron chi connectivity index (χ2n) is 3.71. The van der Waals surface area contributed by atoms with Crippen molar-refractivity contribution in [3.63, 3.8) is 0 Å². The summed E-state index contributed by atoms with van der Waals surface area (Å²) in [4.78, 5) is -2.14. The standard InChI is InChI=1S/C7H5IN2O10S3.ClH/c1-20-4-3(10-9)7(23(17,18)19)6(22(14,15)16)2(8)5(4)21(11,12)13;/h1H3,(H2-,11,12,13,14,15,16,17,18,19);1H. The average molecular weight is 537 g/mol. The lowest BCUT2D eigenvalue weighted by atomic mass is 10.3. The van der Waals surface area contributed by atoms with Crippen molar-refractivity contribution < 1.29 is 56.1 Å². The van der Waals surface area contributed by atoms with Crippen molar-refractivity contribution in [1.29, 1.82) is 5.39 Å². The number of benzene rings is 1. The Hall–Kier alpha value is -0.810. The Balaban J connectivity index is 0.00000529. The van der Waals surface area contributed by atoms with Crippen LogP contribution in [-0.2, 0) is 30.4 Å². The number of methoxy groups -OCH3 is 1. The summed E-state index contributed by atoms with van der Waals surface area (Å²) < 4.78 is 99.4. The van der Waals surface area contributed by atoms with Crippen LogP contribution in [0.25, 0.3) is 4.98 Å². The van der Waals surface area contributed by atoms with Crippen molar-refractivity contribution in [1.82, 2.24) is 0 Å². The van der Waals surface area contributed by atoms with Crippen molar-refractivity contribution in [3.05, 3.63) is 8.55 Å². The Morgan fingerprint density at radius 3 is 1.54 bits per heavy atom. The zero-order valence-corrected chi connectivity index (χ0v) is 16.4. The van der Waals surface area contributed by atoms with Crippen molar-refractivity contribution in [2.45, 2.75) is 14.7 Å². The molecule has 136 valence electrons. The molecule has 3 N–H and O–H groups in total. The van der Waals surface area contributed by atoms with Crippen LogP contribution in [0.2, 0.25) is 0 Å². The van der Waals surface area contributed by atoms with Gasteiger partial charge in [-0.3, -0.25) is 13.7 Å². The van der Waals surface area contributed by atoms with E-state index in [9.17, 15) is 25.3 Å². The van der Waals surface area contributed by atoms with Gasteiger partial charge >= 0.3 is 15.8 Å². The smallest absolute Gasteiger partial charge is 0.450 e. The van der Waals surface area contributed by atoms with Gasteiger partial charge in [-0.1, -0.05) is 0 Å². The minimum Gasteiger partial charge on any atom is -1.00 e. The number of halogens is 2. The van der Waals surface area contributed by atoms with E-state index in [0.29, 0.717) is 0 Å². The van der Waals surface area contributed by atoms with Crippen LogP contribution in [0, 0.1) is 8.96 Å². The number of diazo groups is 1. The van der Waals surface area contributed by atoms with Crippen LogP contribution in [-0.4, -0.2) is 46.0 Å². The van der Waals surface area contributed by atoms with E-state index in [1.165, 1.54) is 0 Å². The molecular formula is C7H6ClIN2O10S3. The zero-order valence-electron chi connectivity index (χ0n) is 11.1. The van der Waals surface area contributed by atoms with Crippen LogP contribution in [0.3, 0.4) is 0 Å². The third-order valence-electron chi connectivity index (χ3n) is 2.32. The Morgan fingerprint density at radius 1 is 0.917 bits per heavy atom. The zero-order chi connectivity index (χ0) is 18.4. The van der Waals surface area contributed by atoms with Gasteiger partial charge in [0.2, 0.25) is 16.0 Å². The number of hydrogen-bond acceptors (Lipinski definition) is 8. The van der Waals surface area contributed by atoms with E-state index in [4.69, 9.17) is 19.1 Å². The molecule has 24 heavy (non-hydrogen) atoms. The molecule has 0 fully saturated rings. The van der Waals surface area contributed by atoms with Gasteiger partial charge in [0.25, 0.3) is 20.2 Å². The third kappa shape index (κ3) is 4.23. The monoisotopic (exact) mass is 536 g/mol. The third-order valence-corrected chi connectivity index (χ3v) is 7.00. The molecule has 0 spiro atoms. The summed E-state index contributed by atoms with van der Waals surface area (Å²) in [5.74, 6) is -1.07. The first kappa shape index (κ1) is 23.2. The van der Waals surface area contributed by atoms with Gasteiger partial charge in [0.15, 0.2) is 9.87 Å². The molecule has 0 aliphatic rings. The maximum absolute atomic E-state index is 11.4. The maximum atomic E-state index is 11.4. The molecule has 0 heterocycles. The van der Waals surface area contributed by atoms with Crippen LogP contribution < -0.4 is 17.1 Å². The van der Waals surface area contributed by atoms with E-state index in [2.05, 4.69) is 9.71 Å². The van der Waals surface area contributed by atoms with Crippen molar-refractivity contribution >= 4 is 58.6 Å². The van der Waals surface area contributed by atoms with Gasteiger partial charge in [0.1, 0.15) is 4.90 Å². The fourth-order valence-corrected chi connectivity index (χ4v) is 6.78.